The van der Waals surface area contributed by atoms with Gasteiger partial charge in [-0.25, -0.2) is 8.42 Å². The molecule has 0 unspecified atom stereocenters. The summed E-state index contributed by atoms with van der Waals surface area (Å²) in [5.74, 6) is 0.287. The fourth-order valence-electron chi connectivity index (χ4n) is 3.17. The Morgan fingerprint density at radius 3 is 1.32 bits per heavy atom. The Kier molecular flexibility index (Phi) is 17.8. The van der Waals surface area contributed by atoms with Gasteiger partial charge < -0.3 is 0 Å². The van der Waals surface area contributed by atoms with Crippen LogP contribution in [0.5, 0.6) is 0 Å². The van der Waals surface area contributed by atoms with Crippen LogP contribution in [0.1, 0.15) is 116 Å². The average molecular weight is 372 g/mol. The molecular formula is C21H41NO2S. The molecule has 0 saturated carbocycles. The zero-order valence-electron chi connectivity index (χ0n) is 16.6. The molecule has 0 aliphatic heterocycles. The van der Waals surface area contributed by atoms with Crippen LogP contribution in [0.15, 0.2) is 0 Å². The number of unbranched alkanes of at least 4 members (excludes halogenated alkanes) is 15. The molecule has 0 N–H and O–H groups in total. The Hall–Kier alpha value is -0.560. The fraction of sp³-hybridized carbons (Fsp3) is 0.952. The zero-order chi connectivity index (χ0) is 18.6. The monoisotopic (exact) mass is 371 g/mol. The van der Waals surface area contributed by atoms with Gasteiger partial charge in [-0.15, -0.1) is 0 Å². The summed E-state index contributed by atoms with van der Waals surface area (Å²) in [6.45, 7) is 2.27. The Morgan fingerprint density at radius 1 is 0.600 bits per heavy atom. The van der Waals surface area contributed by atoms with Crippen LogP contribution in [0.3, 0.4) is 0 Å². The van der Waals surface area contributed by atoms with Crippen LogP contribution in [0.4, 0.5) is 0 Å². The SMILES string of the molecule is CCCCCCCCCCCCCCCCCCS(=O)(=O)CCC#N. The van der Waals surface area contributed by atoms with E-state index in [1.165, 1.54) is 83.5 Å². The van der Waals surface area contributed by atoms with Crippen LogP contribution < -0.4 is 0 Å². The van der Waals surface area contributed by atoms with Crippen molar-refractivity contribution in [2.45, 2.75) is 116 Å². The van der Waals surface area contributed by atoms with E-state index in [2.05, 4.69) is 6.92 Å². The van der Waals surface area contributed by atoms with Gasteiger partial charge >= 0.3 is 0 Å². The van der Waals surface area contributed by atoms with Gasteiger partial charge in [-0.05, 0) is 6.42 Å². The van der Waals surface area contributed by atoms with E-state index >= 15 is 0 Å². The Bertz CT molecular complexity index is 412. The second kappa shape index (κ2) is 18.2. The van der Waals surface area contributed by atoms with Gasteiger partial charge in [-0.1, -0.05) is 103 Å². The molecule has 0 spiro atoms. The van der Waals surface area contributed by atoms with E-state index in [9.17, 15) is 8.42 Å². The molecule has 0 aromatic rings. The largest absolute Gasteiger partial charge is 0.229 e. The number of nitriles is 1. The molecule has 25 heavy (non-hydrogen) atoms. The Balaban J connectivity index is 3.18. The molecular weight excluding hydrogens is 330 g/mol. The lowest BCUT2D eigenvalue weighted by atomic mass is 10.0. The molecule has 0 atom stereocenters. The van der Waals surface area contributed by atoms with E-state index in [1.807, 2.05) is 6.07 Å². The summed E-state index contributed by atoms with van der Waals surface area (Å²) in [4.78, 5) is 0. The van der Waals surface area contributed by atoms with Crippen LogP contribution in [0.25, 0.3) is 0 Å². The topological polar surface area (TPSA) is 57.9 Å². The third-order valence-corrected chi connectivity index (χ3v) is 6.57. The van der Waals surface area contributed by atoms with Gasteiger partial charge in [0.15, 0.2) is 9.84 Å². The van der Waals surface area contributed by atoms with Gasteiger partial charge in [0.05, 0.1) is 17.6 Å². The van der Waals surface area contributed by atoms with Crippen molar-refractivity contribution < 1.29 is 8.42 Å². The molecule has 0 saturated heterocycles. The first-order valence-corrected chi connectivity index (χ1v) is 12.5. The molecule has 0 fully saturated rings. The van der Waals surface area contributed by atoms with Crippen LogP contribution in [-0.4, -0.2) is 19.9 Å². The minimum absolute atomic E-state index is 0.0300. The average Bonchev–Trinajstić information content (AvgIpc) is 2.59. The van der Waals surface area contributed by atoms with Gasteiger partial charge in [0.25, 0.3) is 0 Å². The van der Waals surface area contributed by atoms with E-state index in [-0.39, 0.29) is 17.9 Å². The second-order valence-corrected chi connectivity index (χ2v) is 9.67. The first kappa shape index (κ1) is 24.4. The summed E-state index contributed by atoms with van der Waals surface area (Å²) < 4.78 is 23.2. The number of hydrogen-bond donors (Lipinski definition) is 0. The maximum absolute atomic E-state index is 11.6. The minimum atomic E-state index is -2.99. The smallest absolute Gasteiger partial charge is 0.151 e. The second-order valence-electron chi connectivity index (χ2n) is 7.36. The van der Waals surface area contributed by atoms with Crippen molar-refractivity contribution in [3.63, 3.8) is 0 Å². The summed E-state index contributed by atoms with van der Waals surface area (Å²) in [6.07, 6.45) is 20.8. The minimum Gasteiger partial charge on any atom is -0.229 e. The van der Waals surface area contributed by atoms with Crippen molar-refractivity contribution in [3.8, 4) is 6.07 Å². The quantitative estimate of drug-likeness (QED) is 0.241. The van der Waals surface area contributed by atoms with E-state index in [0.29, 0.717) is 0 Å². The van der Waals surface area contributed by atoms with Crippen LogP contribution >= 0.6 is 0 Å². The first-order valence-electron chi connectivity index (χ1n) is 10.7. The lowest BCUT2D eigenvalue weighted by Crippen LogP contribution is -2.10. The van der Waals surface area contributed by atoms with Crippen molar-refractivity contribution in [1.82, 2.24) is 0 Å². The highest BCUT2D eigenvalue weighted by atomic mass is 32.2. The highest BCUT2D eigenvalue weighted by molar-refractivity contribution is 7.91. The molecule has 0 aromatic heterocycles. The standard InChI is InChI=1S/C21H41NO2S/c1-2-3-4-5-6-7-8-9-10-11-12-13-14-15-16-17-20-25(23,24)21-18-19-22/h2-18,20-21H2,1H3. The molecule has 3 nitrogen and oxygen atoms in total. The van der Waals surface area contributed by atoms with Crippen molar-refractivity contribution in [2.24, 2.45) is 0 Å². The highest BCUT2D eigenvalue weighted by Crippen LogP contribution is 2.14. The van der Waals surface area contributed by atoms with Gasteiger partial charge in [0, 0.05) is 6.42 Å². The fourth-order valence-corrected chi connectivity index (χ4v) is 4.42. The summed E-state index contributed by atoms with van der Waals surface area (Å²) >= 11 is 0. The summed E-state index contributed by atoms with van der Waals surface area (Å²) in [5, 5.41) is 8.43. The molecule has 148 valence electrons. The summed E-state index contributed by atoms with van der Waals surface area (Å²) in [7, 11) is -2.99. The van der Waals surface area contributed by atoms with E-state index < -0.39 is 9.84 Å². The van der Waals surface area contributed by atoms with Crippen LogP contribution in [0.2, 0.25) is 0 Å². The molecule has 0 bridgehead atoms. The number of nitrogens with zero attached hydrogens (tertiary/aromatic N) is 1. The predicted octanol–water partition coefficient (Wildman–Crippen LogP) is 6.58. The third kappa shape index (κ3) is 19.6. The van der Waals surface area contributed by atoms with Crippen LogP contribution in [-0.2, 0) is 9.84 Å². The Morgan fingerprint density at radius 2 is 0.960 bits per heavy atom. The molecule has 0 aliphatic rings. The number of hydrogen-bond acceptors (Lipinski definition) is 3. The van der Waals surface area contributed by atoms with Gasteiger partial charge in [-0.3, -0.25) is 0 Å². The van der Waals surface area contributed by atoms with Crippen molar-refractivity contribution in [1.29, 1.82) is 5.26 Å². The summed E-state index contributed by atoms with van der Waals surface area (Å²) in [6, 6.07) is 1.90. The number of sulfone groups is 1. The first-order chi connectivity index (χ1) is 12.1. The van der Waals surface area contributed by atoms with E-state index in [4.69, 9.17) is 5.26 Å². The molecule has 0 rings (SSSR count). The number of rotatable bonds is 19. The van der Waals surface area contributed by atoms with Crippen molar-refractivity contribution in [3.05, 3.63) is 0 Å². The van der Waals surface area contributed by atoms with Gasteiger partial charge in [0.1, 0.15) is 0 Å². The van der Waals surface area contributed by atoms with E-state index in [0.717, 1.165) is 19.3 Å². The molecule has 0 heterocycles. The molecule has 4 heteroatoms. The zero-order valence-corrected chi connectivity index (χ0v) is 17.4. The Labute approximate surface area is 157 Å². The van der Waals surface area contributed by atoms with E-state index in [1.54, 1.807) is 0 Å². The van der Waals surface area contributed by atoms with Crippen molar-refractivity contribution in [2.75, 3.05) is 11.5 Å². The third-order valence-electron chi connectivity index (χ3n) is 4.83. The molecule has 0 aromatic carbocycles. The van der Waals surface area contributed by atoms with Crippen molar-refractivity contribution >= 4 is 9.84 Å². The normalized spacial score (nSPS) is 11.5. The lowest BCUT2D eigenvalue weighted by Gasteiger charge is -2.04. The molecule has 0 radical (unpaired) electrons. The highest BCUT2D eigenvalue weighted by Gasteiger charge is 2.09. The maximum Gasteiger partial charge on any atom is 0.151 e. The molecule has 0 amide bonds. The molecule has 0 aliphatic carbocycles. The predicted molar refractivity (Wildman–Crippen MR) is 108 cm³/mol. The maximum atomic E-state index is 11.6. The summed E-state index contributed by atoms with van der Waals surface area (Å²) in [5.41, 5.74) is 0. The van der Waals surface area contributed by atoms with Gasteiger partial charge in [-0.2, -0.15) is 5.26 Å². The van der Waals surface area contributed by atoms with Crippen LogP contribution in [0, 0.1) is 11.3 Å². The lowest BCUT2D eigenvalue weighted by molar-refractivity contribution is 0.531. The van der Waals surface area contributed by atoms with Gasteiger partial charge in [0.2, 0.25) is 0 Å².